The van der Waals surface area contributed by atoms with Crippen molar-refractivity contribution in [1.82, 2.24) is 5.32 Å². The second-order valence-electron chi connectivity index (χ2n) is 4.94. The van der Waals surface area contributed by atoms with E-state index in [1.165, 1.54) is 37.9 Å². The number of hydrogen-bond acceptors (Lipinski definition) is 2. The number of nitrogens with one attached hydrogen (secondary N) is 1. The van der Waals surface area contributed by atoms with E-state index in [4.69, 9.17) is 0 Å². The normalized spacial score (nSPS) is 53.8. The molecule has 74 valence electrons. The van der Waals surface area contributed by atoms with Crippen molar-refractivity contribution >= 4 is 11.8 Å². The monoisotopic (exact) mass is 197 g/mol. The molecule has 13 heavy (non-hydrogen) atoms. The first-order chi connectivity index (χ1) is 6.34. The molecule has 1 saturated heterocycles. The minimum absolute atomic E-state index is 0.545. The first kappa shape index (κ1) is 8.60. The minimum atomic E-state index is 0.545. The van der Waals surface area contributed by atoms with Crippen LogP contribution in [0.25, 0.3) is 0 Å². The Labute approximate surface area is 85.0 Å². The van der Waals surface area contributed by atoms with Crippen LogP contribution in [0.5, 0.6) is 0 Å². The van der Waals surface area contributed by atoms with Crippen LogP contribution in [-0.4, -0.2) is 16.7 Å². The largest absolute Gasteiger partial charge is 0.299 e. The summed E-state index contributed by atoms with van der Waals surface area (Å²) in [5, 5.41) is 3.91. The van der Waals surface area contributed by atoms with Crippen molar-refractivity contribution in [3.05, 3.63) is 0 Å². The maximum atomic E-state index is 3.91. The van der Waals surface area contributed by atoms with Crippen LogP contribution in [0.15, 0.2) is 0 Å². The lowest BCUT2D eigenvalue weighted by atomic mass is 9.94. The summed E-state index contributed by atoms with van der Waals surface area (Å²) in [7, 11) is 0. The van der Waals surface area contributed by atoms with Crippen LogP contribution in [-0.2, 0) is 0 Å². The van der Waals surface area contributed by atoms with Gasteiger partial charge < -0.3 is 0 Å². The molecule has 1 N–H and O–H groups in total. The van der Waals surface area contributed by atoms with Crippen molar-refractivity contribution < 1.29 is 0 Å². The molecule has 2 heteroatoms. The molecule has 0 aromatic rings. The third kappa shape index (κ3) is 1.25. The van der Waals surface area contributed by atoms with Crippen molar-refractivity contribution in [3.63, 3.8) is 0 Å². The molecule has 0 bridgehead atoms. The summed E-state index contributed by atoms with van der Waals surface area (Å²) in [6.45, 7) is 2.31. The van der Waals surface area contributed by atoms with E-state index in [9.17, 15) is 0 Å². The summed E-state index contributed by atoms with van der Waals surface area (Å²) in [5.74, 6) is 3.51. The third-order valence-electron chi connectivity index (χ3n) is 4.13. The fourth-order valence-electron chi connectivity index (χ4n) is 3.21. The van der Waals surface area contributed by atoms with Crippen molar-refractivity contribution in [2.75, 3.05) is 5.75 Å². The molecule has 4 atom stereocenters. The average Bonchev–Trinajstić information content (AvgIpc) is 2.84. The van der Waals surface area contributed by atoms with Gasteiger partial charge in [-0.15, -0.1) is 11.8 Å². The van der Waals surface area contributed by atoms with Crippen molar-refractivity contribution in [2.45, 2.75) is 49.9 Å². The minimum Gasteiger partial charge on any atom is -0.299 e. The van der Waals surface area contributed by atoms with Crippen molar-refractivity contribution in [2.24, 2.45) is 11.8 Å². The Morgan fingerprint density at radius 3 is 3.23 bits per heavy atom. The van der Waals surface area contributed by atoms with Crippen molar-refractivity contribution in [1.29, 1.82) is 0 Å². The summed E-state index contributed by atoms with van der Waals surface area (Å²) < 4.78 is 0. The van der Waals surface area contributed by atoms with Crippen LogP contribution in [0.2, 0.25) is 0 Å². The molecule has 3 aliphatic rings. The second-order valence-corrected chi connectivity index (χ2v) is 6.30. The molecule has 1 aliphatic heterocycles. The van der Waals surface area contributed by atoms with Crippen LogP contribution >= 0.6 is 11.8 Å². The number of hydrogen-bond donors (Lipinski definition) is 1. The first-order valence-electron chi connectivity index (χ1n) is 5.76. The molecule has 1 nitrogen and oxygen atoms in total. The molecule has 0 amide bonds. The SMILES string of the molecule is CCC1CSC2(CCCC3CC32)N1. The summed E-state index contributed by atoms with van der Waals surface area (Å²) in [6, 6.07) is 0.810. The molecular weight excluding hydrogens is 178 g/mol. The lowest BCUT2D eigenvalue weighted by molar-refractivity contribution is 0.308. The maximum absolute atomic E-state index is 3.91. The van der Waals surface area contributed by atoms with Gasteiger partial charge >= 0.3 is 0 Å². The smallest absolute Gasteiger partial charge is 0.0679 e. The Kier molecular flexibility index (Phi) is 1.92. The van der Waals surface area contributed by atoms with Gasteiger partial charge in [0.25, 0.3) is 0 Å². The lowest BCUT2D eigenvalue weighted by Gasteiger charge is -2.33. The highest BCUT2D eigenvalue weighted by molar-refractivity contribution is 8.00. The Morgan fingerprint density at radius 1 is 1.54 bits per heavy atom. The van der Waals surface area contributed by atoms with E-state index in [0.29, 0.717) is 4.87 Å². The molecular formula is C11H19NS. The highest BCUT2D eigenvalue weighted by Gasteiger charge is 2.57. The van der Waals surface area contributed by atoms with Gasteiger partial charge in [0.1, 0.15) is 0 Å². The zero-order valence-corrected chi connectivity index (χ0v) is 9.20. The topological polar surface area (TPSA) is 12.0 Å². The summed E-state index contributed by atoms with van der Waals surface area (Å²) in [5.41, 5.74) is 0. The van der Waals surface area contributed by atoms with Gasteiger partial charge in [-0.05, 0) is 37.5 Å². The number of rotatable bonds is 1. The molecule has 0 radical (unpaired) electrons. The molecule has 4 unspecified atom stereocenters. The molecule has 2 saturated carbocycles. The third-order valence-corrected chi connectivity index (χ3v) is 5.84. The van der Waals surface area contributed by atoms with E-state index < -0.39 is 0 Å². The maximum Gasteiger partial charge on any atom is 0.0679 e. The predicted octanol–water partition coefficient (Wildman–Crippen LogP) is 2.62. The van der Waals surface area contributed by atoms with Crippen LogP contribution < -0.4 is 5.32 Å². The van der Waals surface area contributed by atoms with Gasteiger partial charge in [-0.3, -0.25) is 5.32 Å². The van der Waals surface area contributed by atoms with Gasteiger partial charge in [-0.2, -0.15) is 0 Å². The lowest BCUT2D eigenvalue weighted by Crippen LogP contribution is -2.45. The van der Waals surface area contributed by atoms with E-state index in [1.54, 1.807) is 0 Å². The van der Waals surface area contributed by atoms with Crippen molar-refractivity contribution in [3.8, 4) is 0 Å². The van der Waals surface area contributed by atoms with Crippen LogP contribution in [0.3, 0.4) is 0 Å². The Balaban J connectivity index is 1.75. The summed E-state index contributed by atoms with van der Waals surface area (Å²) in [6.07, 6.45) is 7.26. The number of fused-ring (bicyclic) bond motifs is 2. The van der Waals surface area contributed by atoms with Gasteiger partial charge in [-0.1, -0.05) is 13.3 Å². The molecule has 3 rings (SSSR count). The van der Waals surface area contributed by atoms with Gasteiger partial charge in [-0.25, -0.2) is 0 Å². The predicted molar refractivity (Wildman–Crippen MR) is 57.9 cm³/mol. The van der Waals surface area contributed by atoms with Crippen LogP contribution in [0.1, 0.15) is 39.0 Å². The second kappa shape index (κ2) is 2.90. The molecule has 0 aromatic heterocycles. The Hall–Kier alpha value is 0.310. The molecule has 3 fully saturated rings. The fourth-order valence-corrected chi connectivity index (χ4v) is 5.07. The first-order valence-corrected chi connectivity index (χ1v) is 6.74. The average molecular weight is 197 g/mol. The quantitative estimate of drug-likeness (QED) is 0.693. The van der Waals surface area contributed by atoms with E-state index in [0.717, 1.165) is 17.9 Å². The van der Waals surface area contributed by atoms with Crippen LogP contribution in [0.4, 0.5) is 0 Å². The van der Waals surface area contributed by atoms with E-state index in [2.05, 4.69) is 24.0 Å². The summed E-state index contributed by atoms with van der Waals surface area (Å²) in [4.78, 5) is 0.545. The van der Waals surface area contributed by atoms with Gasteiger partial charge in [0.2, 0.25) is 0 Å². The molecule has 1 spiro atoms. The molecule has 1 heterocycles. The van der Waals surface area contributed by atoms with E-state index in [-0.39, 0.29) is 0 Å². The highest BCUT2D eigenvalue weighted by Crippen LogP contribution is 2.60. The fraction of sp³-hybridized carbons (Fsp3) is 1.00. The standard InChI is InChI=1S/C11H19NS/c1-2-9-7-13-11(12-9)5-3-4-8-6-10(8)11/h8-10,12H,2-7H2,1H3. The van der Waals surface area contributed by atoms with Gasteiger partial charge in [0.15, 0.2) is 0 Å². The highest BCUT2D eigenvalue weighted by atomic mass is 32.2. The Morgan fingerprint density at radius 2 is 2.46 bits per heavy atom. The van der Waals surface area contributed by atoms with Gasteiger partial charge in [0.05, 0.1) is 4.87 Å². The summed E-state index contributed by atoms with van der Waals surface area (Å²) >= 11 is 2.24. The molecule has 0 aromatic carbocycles. The molecule has 2 aliphatic carbocycles. The van der Waals surface area contributed by atoms with E-state index >= 15 is 0 Å². The zero-order chi connectivity index (χ0) is 8.89. The van der Waals surface area contributed by atoms with E-state index in [1.807, 2.05) is 0 Å². The van der Waals surface area contributed by atoms with Gasteiger partial charge in [0, 0.05) is 11.8 Å². The number of thioether (sulfide) groups is 1. The van der Waals surface area contributed by atoms with Crippen LogP contribution in [0, 0.1) is 11.8 Å². The zero-order valence-electron chi connectivity index (χ0n) is 8.38. The Bertz CT molecular complexity index is 218.